The molecule has 0 aliphatic heterocycles. The fourth-order valence-electron chi connectivity index (χ4n) is 1.79. The zero-order chi connectivity index (χ0) is 14.5. The van der Waals surface area contributed by atoms with Crippen LogP contribution in [0.1, 0.15) is 43.1 Å². The third-order valence-electron chi connectivity index (χ3n) is 3.62. The van der Waals surface area contributed by atoms with Gasteiger partial charge in [0.2, 0.25) is 0 Å². The average Bonchev–Trinajstić information content (AvgIpc) is 2.39. The second kappa shape index (κ2) is 6.83. The van der Waals surface area contributed by atoms with Crippen molar-refractivity contribution in [2.45, 2.75) is 39.2 Å². The minimum Gasteiger partial charge on any atom is -0.394 e. The van der Waals surface area contributed by atoms with Crippen molar-refractivity contribution in [2.24, 2.45) is 0 Å². The molecular formula is C16H25NO2. The van der Waals surface area contributed by atoms with E-state index >= 15 is 0 Å². The van der Waals surface area contributed by atoms with Gasteiger partial charge in [0.15, 0.2) is 5.78 Å². The van der Waals surface area contributed by atoms with Gasteiger partial charge < -0.3 is 5.11 Å². The van der Waals surface area contributed by atoms with Crippen LogP contribution < -0.4 is 0 Å². The lowest BCUT2D eigenvalue weighted by Crippen LogP contribution is -2.46. The summed E-state index contributed by atoms with van der Waals surface area (Å²) in [5, 5.41) is 9.29. The number of aliphatic hydroxyl groups excluding tert-OH is 1. The Hall–Kier alpha value is -1.19. The van der Waals surface area contributed by atoms with E-state index in [9.17, 15) is 9.90 Å². The number of aryl methyl sites for hydroxylation is 1. The zero-order valence-corrected chi connectivity index (χ0v) is 12.4. The number of ketones is 1. The van der Waals surface area contributed by atoms with Crippen molar-refractivity contribution in [1.29, 1.82) is 0 Å². The molecule has 0 amide bonds. The molecule has 1 aromatic carbocycles. The molecule has 0 fully saturated rings. The van der Waals surface area contributed by atoms with Crippen LogP contribution in [0.4, 0.5) is 0 Å². The third kappa shape index (κ3) is 4.44. The number of aliphatic hydroxyl groups is 1. The molecule has 0 heterocycles. The van der Waals surface area contributed by atoms with Gasteiger partial charge in [0, 0.05) is 11.1 Å². The van der Waals surface area contributed by atoms with Crippen LogP contribution >= 0.6 is 0 Å². The Morgan fingerprint density at radius 2 is 1.84 bits per heavy atom. The summed E-state index contributed by atoms with van der Waals surface area (Å²) in [6.45, 7) is 6.34. The van der Waals surface area contributed by atoms with E-state index in [1.165, 1.54) is 5.56 Å². The van der Waals surface area contributed by atoms with Crippen molar-refractivity contribution < 1.29 is 9.90 Å². The standard InChI is InChI=1S/C16H25NO2/c1-5-6-13-7-9-14(10-8-13)15(19)11-17(4)16(2,3)12-18/h7-10,18H,5-6,11-12H2,1-4H3. The van der Waals surface area contributed by atoms with Gasteiger partial charge in [-0.05, 0) is 32.9 Å². The number of nitrogens with zero attached hydrogens (tertiary/aromatic N) is 1. The smallest absolute Gasteiger partial charge is 0.176 e. The van der Waals surface area contributed by atoms with Gasteiger partial charge in [-0.2, -0.15) is 0 Å². The highest BCUT2D eigenvalue weighted by molar-refractivity contribution is 5.97. The molecular weight excluding hydrogens is 238 g/mol. The van der Waals surface area contributed by atoms with E-state index in [0.717, 1.165) is 18.4 Å². The number of carbonyl (C=O) groups is 1. The lowest BCUT2D eigenvalue weighted by atomic mass is 10.0. The Bertz CT molecular complexity index is 409. The Labute approximate surface area is 116 Å². The van der Waals surface area contributed by atoms with Gasteiger partial charge in [0.25, 0.3) is 0 Å². The Morgan fingerprint density at radius 3 is 2.32 bits per heavy atom. The molecule has 0 spiro atoms. The van der Waals surface area contributed by atoms with Gasteiger partial charge in [0.1, 0.15) is 0 Å². The largest absolute Gasteiger partial charge is 0.394 e. The number of benzene rings is 1. The number of hydrogen-bond donors (Lipinski definition) is 1. The Morgan fingerprint density at radius 1 is 1.26 bits per heavy atom. The first-order chi connectivity index (χ1) is 8.90. The summed E-state index contributed by atoms with van der Waals surface area (Å²) in [7, 11) is 1.86. The van der Waals surface area contributed by atoms with Crippen LogP contribution in [0.2, 0.25) is 0 Å². The molecule has 19 heavy (non-hydrogen) atoms. The highest BCUT2D eigenvalue weighted by atomic mass is 16.3. The first kappa shape index (κ1) is 15.9. The zero-order valence-electron chi connectivity index (χ0n) is 12.4. The summed E-state index contributed by atoms with van der Waals surface area (Å²) in [5.41, 5.74) is 1.63. The van der Waals surface area contributed by atoms with E-state index in [1.54, 1.807) is 0 Å². The number of rotatable bonds is 7. The SMILES string of the molecule is CCCc1ccc(C(=O)CN(C)C(C)(C)CO)cc1. The Kier molecular flexibility index (Phi) is 5.70. The average molecular weight is 263 g/mol. The van der Waals surface area contributed by atoms with Crippen molar-refractivity contribution in [2.75, 3.05) is 20.2 Å². The van der Waals surface area contributed by atoms with Crippen molar-refractivity contribution in [1.82, 2.24) is 4.90 Å². The molecule has 3 heteroatoms. The van der Waals surface area contributed by atoms with Crippen LogP contribution in [0.15, 0.2) is 24.3 Å². The van der Waals surface area contributed by atoms with Crippen LogP contribution in [-0.4, -0.2) is 41.5 Å². The molecule has 0 radical (unpaired) electrons. The maximum absolute atomic E-state index is 12.2. The Balaban J connectivity index is 2.68. The summed E-state index contributed by atoms with van der Waals surface area (Å²) in [4.78, 5) is 14.0. The summed E-state index contributed by atoms with van der Waals surface area (Å²) in [5.74, 6) is 0.0899. The van der Waals surface area contributed by atoms with Crippen LogP contribution in [0.3, 0.4) is 0 Å². The molecule has 0 bridgehead atoms. The monoisotopic (exact) mass is 263 g/mol. The molecule has 106 valence electrons. The second-order valence-corrected chi connectivity index (χ2v) is 5.70. The van der Waals surface area contributed by atoms with Gasteiger partial charge >= 0.3 is 0 Å². The topological polar surface area (TPSA) is 40.5 Å². The molecule has 0 saturated carbocycles. The number of Topliss-reactive ketones (excluding diaryl/α,β-unsaturated/α-hetero) is 1. The van der Waals surface area contributed by atoms with Crippen LogP contribution in [0.25, 0.3) is 0 Å². The fourth-order valence-corrected chi connectivity index (χ4v) is 1.79. The molecule has 1 rings (SSSR count). The second-order valence-electron chi connectivity index (χ2n) is 5.70. The molecule has 0 atom stereocenters. The van der Waals surface area contributed by atoms with Crippen molar-refractivity contribution in [3.63, 3.8) is 0 Å². The predicted molar refractivity (Wildman–Crippen MR) is 78.6 cm³/mol. The minimum absolute atomic E-state index is 0.0339. The van der Waals surface area contributed by atoms with E-state index < -0.39 is 0 Å². The number of carbonyl (C=O) groups excluding carboxylic acids is 1. The first-order valence-corrected chi connectivity index (χ1v) is 6.85. The predicted octanol–water partition coefficient (Wildman–Crippen LogP) is 2.52. The maximum Gasteiger partial charge on any atom is 0.176 e. The molecule has 0 aliphatic rings. The fraction of sp³-hybridized carbons (Fsp3) is 0.562. The van der Waals surface area contributed by atoms with E-state index in [2.05, 4.69) is 6.92 Å². The van der Waals surface area contributed by atoms with E-state index in [1.807, 2.05) is 50.1 Å². The van der Waals surface area contributed by atoms with Gasteiger partial charge in [-0.1, -0.05) is 37.6 Å². The molecule has 0 unspecified atom stereocenters. The molecule has 1 N–H and O–H groups in total. The molecule has 1 aromatic rings. The highest BCUT2D eigenvalue weighted by Crippen LogP contribution is 2.13. The maximum atomic E-state index is 12.2. The van der Waals surface area contributed by atoms with Gasteiger partial charge in [-0.15, -0.1) is 0 Å². The quantitative estimate of drug-likeness (QED) is 0.769. The van der Waals surface area contributed by atoms with Gasteiger partial charge in [-0.25, -0.2) is 0 Å². The summed E-state index contributed by atoms with van der Waals surface area (Å²) >= 11 is 0. The highest BCUT2D eigenvalue weighted by Gasteiger charge is 2.24. The van der Waals surface area contributed by atoms with E-state index in [0.29, 0.717) is 6.54 Å². The van der Waals surface area contributed by atoms with Crippen LogP contribution in [0.5, 0.6) is 0 Å². The summed E-state index contributed by atoms with van der Waals surface area (Å²) < 4.78 is 0. The number of likely N-dealkylation sites (N-methyl/N-ethyl adjacent to an activating group) is 1. The normalized spacial score (nSPS) is 11.9. The van der Waals surface area contributed by atoms with Crippen LogP contribution in [0, 0.1) is 0 Å². The molecule has 0 aromatic heterocycles. The van der Waals surface area contributed by atoms with Crippen molar-refractivity contribution >= 4 is 5.78 Å². The van der Waals surface area contributed by atoms with E-state index in [4.69, 9.17) is 0 Å². The third-order valence-corrected chi connectivity index (χ3v) is 3.62. The molecule has 0 aliphatic carbocycles. The van der Waals surface area contributed by atoms with E-state index in [-0.39, 0.29) is 17.9 Å². The van der Waals surface area contributed by atoms with Crippen molar-refractivity contribution in [3.8, 4) is 0 Å². The van der Waals surface area contributed by atoms with Crippen LogP contribution in [-0.2, 0) is 6.42 Å². The summed E-state index contributed by atoms with van der Waals surface area (Å²) in [6.07, 6.45) is 2.16. The number of hydrogen-bond acceptors (Lipinski definition) is 3. The first-order valence-electron chi connectivity index (χ1n) is 6.85. The summed E-state index contributed by atoms with van der Waals surface area (Å²) in [6, 6.07) is 7.84. The van der Waals surface area contributed by atoms with Gasteiger partial charge in [-0.3, -0.25) is 9.69 Å². The van der Waals surface area contributed by atoms with Gasteiger partial charge in [0.05, 0.1) is 13.2 Å². The minimum atomic E-state index is -0.377. The lowest BCUT2D eigenvalue weighted by Gasteiger charge is -2.33. The lowest BCUT2D eigenvalue weighted by molar-refractivity contribution is 0.0659. The molecule has 0 saturated heterocycles. The van der Waals surface area contributed by atoms with Crippen molar-refractivity contribution in [3.05, 3.63) is 35.4 Å². The molecule has 3 nitrogen and oxygen atoms in total.